The lowest BCUT2D eigenvalue weighted by Crippen LogP contribution is -2.07. The molecule has 2 heterocycles. The lowest BCUT2D eigenvalue weighted by atomic mass is 10.2. The first kappa shape index (κ1) is 16.8. The Hall–Kier alpha value is -2.57. The fourth-order valence-corrected chi connectivity index (χ4v) is 1.97. The van der Waals surface area contributed by atoms with Gasteiger partial charge in [0.2, 0.25) is 5.88 Å². The number of alkyl halides is 3. The highest BCUT2D eigenvalue weighted by molar-refractivity contribution is 5.58. The smallest absolute Gasteiger partial charge is 0.417 e. The Labute approximate surface area is 131 Å². The molecule has 0 aliphatic rings. The van der Waals surface area contributed by atoms with Crippen molar-refractivity contribution in [3.8, 4) is 5.88 Å². The number of imidazole rings is 1. The Bertz CT molecular complexity index is 733. The predicted molar refractivity (Wildman–Crippen MR) is 81.8 cm³/mol. The Morgan fingerprint density at radius 1 is 1.35 bits per heavy atom. The highest BCUT2D eigenvalue weighted by Crippen LogP contribution is 2.30. The lowest BCUT2D eigenvalue weighted by molar-refractivity contribution is -0.137. The molecule has 2 rings (SSSR count). The minimum atomic E-state index is -4.41. The molecule has 0 spiro atoms. The van der Waals surface area contributed by atoms with Crippen LogP contribution >= 0.6 is 0 Å². The van der Waals surface area contributed by atoms with Gasteiger partial charge < -0.3 is 9.30 Å². The van der Waals surface area contributed by atoms with Crippen LogP contribution in [0.15, 0.2) is 31.2 Å². The highest BCUT2D eigenvalue weighted by Gasteiger charge is 2.31. The number of hydrogen-bond acceptors (Lipinski definition) is 3. The third-order valence-corrected chi connectivity index (χ3v) is 3.16. The molecule has 23 heavy (non-hydrogen) atoms. The summed E-state index contributed by atoms with van der Waals surface area (Å²) in [5.74, 6) is 0.177. The summed E-state index contributed by atoms with van der Waals surface area (Å²) in [4.78, 5) is 7.87. The molecule has 0 radical (unpaired) electrons. The quantitative estimate of drug-likeness (QED) is 0.838. The third-order valence-electron chi connectivity index (χ3n) is 3.16. The number of nitrogens with zero attached hydrogens (tertiary/aromatic N) is 3. The Balaban J connectivity index is 2.03. The number of pyridine rings is 1. The topological polar surface area (TPSA) is 39.9 Å². The molecule has 7 heteroatoms. The molecule has 0 aliphatic carbocycles. The molecule has 0 saturated carbocycles. The zero-order chi connectivity index (χ0) is 17.0. The van der Waals surface area contributed by atoms with Crippen molar-refractivity contribution in [1.29, 1.82) is 0 Å². The molecule has 0 bridgehead atoms. The molecule has 0 N–H and O–H groups in total. The molecule has 122 valence electrons. The molecular formula is C16H16F3N3O. The van der Waals surface area contributed by atoms with E-state index in [4.69, 9.17) is 4.74 Å². The fraction of sp³-hybridized carbons (Fsp3) is 0.250. The maximum absolute atomic E-state index is 12.6. The Morgan fingerprint density at radius 2 is 2.09 bits per heavy atom. The first-order valence-electron chi connectivity index (χ1n) is 6.80. The summed E-state index contributed by atoms with van der Waals surface area (Å²) >= 11 is 0. The van der Waals surface area contributed by atoms with Gasteiger partial charge in [0.05, 0.1) is 23.3 Å². The van der Waals surface area contributed by atoms with E-state index in [1.54, 1.807) is 18.5 Å². The Morgan fingerprint density at radius 3 is 2.70 bits per heavy atom. The maximum atomic E-state index is 12.6. The van der Waals surface area contributed by atoms with Crippen molar-refractivity contribution in [3.05, 3.63) is 53.8 Å². The van der Waals surface area contributed by atoms with Crippen LogP contribution in [0.5, 0.6) is 5.88 Å². The van der Waals surface area contributed by atoms with E-state index >= 15 is 0 Å². The van der Waals surface area contributed by atoms with Gasteiger partial charge in [0.15, 0.2) is 0 Å². The van der Waals surface area contributed by atoms with Gasteiger partial charge in [-0.1, -0.05) is 6.58 Å². The second kappa shape index (κ2) is 6.68. The molecule has 4 nitrogen and oxygen atoms in total. The zero-order valence-corrected chi connectivity index (χ0v) is 12.8. The minimum absolute atomic E-state index is 0.177. The largest absolute Gasteiger partial charge is 0.473 e. The zero-order valence-electron chi connectivity index (χ0n) is 12.8. The summed E-state index contributed by atoms with van der Waals surface area (Å²) in [7, 11) is 1.85. The van der Waals surface area contributed by atoms with E-state index in [2.05, 4.69) is 16.5 Å². The minimum Gasteiger partial charge on any atom is -0.473 e. The summed E-state index contributed by atoms with van der Waals surface area (Å²) in [6.07, 6.45) is 3.22. The van der Waals surface area contributed by atoms with Gasteiger partial charge >= 0.3 is 6.18 Å². The van der Waals surface area contributed by atoms with E-state index in [0.29, 0.717) is 5.56 Å². The van der Waals surface area contributed by atoms with Gasteiger partial charge in [-0.3, -0.25) is 0 Å². The van der Waals surface area contributed by atoms with Crippen LogP contribution in [0.25, 0.3) is 12.2 Å². The molecular weight excluding hydrogens is 307 g/mol. The van der Waals surface area contributed by atoms with Crippen LogP contribution < -0.4 is 4.74 Å². The average molecular weight is 323 g/mol. The summed E-state index contributed by atoms with van der Waals surface area (Å²) in [6.45, 7) is 5.39. The molecule has 0 fully saturated rings. The third kappa shape index (κ3) is 4.00. The lowest BCUT2D eigenvalue weighted by Gasteiger charge is -2.10. The number of hydrogen-bond donors (Lipinski definition) is 0. The molecule has 0 unspecified atom stereocenters. The first-order valence-corrected chi connectivity index (χ1v) is 6.80. The van der Waals surface area contributed by atoms with Crippen molar-refractivity contribution in [3.63, 3.8) is 0 Å². The summed E-state index contributed by atoms with van der Waals surface area (Å²) in [5.41, 5.74) is 1.15. The fourth-order valence-electron chi connectivity index (χ4n) is 1.97. The molecule has 0 aliphatic heterocycles. The van der Waals surface area contributed by atoms with Crippen molar-refractivity contribution in [2.24, 2.45) is 7.05 Å². The van der Waals surface area contributed by atoms with Crippen molar-refractivity contribution >= 4 is 12.2 Å². The molecule has 0 atom stereocenters. The molecule has 0 aromatic carbocycles. The van der Waals surface area contributed by atoms with Crippen LogP contribution in [-0.2, 0) is 13.2 Å². The second-order valence-electron chi connectivity index (χ2n) is 4.89. The van der Waals surface area contributed by atoms with Crippen molar-refractivity contribution in [2.45, 2.75) is 13.1 Å². The van der Waals surface area contributed by atoms with Crippen LogP contribution in [0.2, 0.25) is 0 Å². The monoisotopic (exact) mass is 323 g/mol. The van der Waals surface area contributed by atoms with E-state index in [1.807, 2.05) is 17.7 Å². The highest BCUT2D eigenvalue weighted by atomic mass is 19.4. The van der Waals surface area contributed by atoms with Gasteiger partial charge in [0.1, 0.15) is 6.61 Å². The van der Waals surface area contributed by atoms with Gasteiger partial charge in [-0.15, -0.1) is 0 Å². The van der Waals surface area contributed by atoms with Crippen LogP contribution in [0, 0.1) is 6.92 Å². The van der Waals surface area contributed by atoms with Gasteiger partial charge in [0.25, 0.3) is 0 Å². The van der Waals surface area contributed by atoms with Crippen molar-refractivity contribution < 1.29 is 17.9 Å². The Kier molecular flexibility index (Phi) is 4.88. The summed E-state index contributed by atoms with van der Waals surface area (Å²) in [5, 5.41) is 0. The predicted octanol–water partition coefficient (Wildman–Crippen LogP) is 3.88. The van der Waals surface area contributed by atoms with E-state index in [1.165, 1.54) is 6.92 Å². The second-order valence-corrected chi connectivity index (χ2v) is 4.89. The van der Waals surface area contributed by atoms with Crippen LogP contribution in [0.4, 0.5) is 13.2 Å². The van der Waals surface area contributed by atoms with E-state index < -0.39 is 11.7 Å². The van der Waals surface area contributed by atoms with Crippen LogP contribution in [0.1, 0.15) is 22.5 Å². The number of halogens is 3. The molecule has 2 aromatic heterocycles. The molecule has 2 aromatic rings. The average Bonchev–Trinajstić information content (AvgIpc) is 2.84. The summed E-state index contributed by atoms with van der Waals surface area (Å²) in [6, 6.07) is 1.02. The maximum Gasteiger partial charge on any atom is 0.417 e. The molecule has 0 amide bonds. The number of rotatable bonds is 5. The molecule has 0 saturated heterocycles. The number of aryl methyl sites for hydroxylation is 2. The van der Waals surface area contributed by atoms with Crippen LogP contribution in [-0.4, -0.2) is 21.1 Å². The number of aromatic nitrogens is 3. The van der Waals surface area contributed by atoms with Gasteiger partial charge in [-0.25, -0.2) is 9.97 Å². The van der Waals surface area contributed by atoms with E-state index in [-0.39, 0.29) is 12.5 Å². The van der Waals surface area contributed by atoms with Crippen molar-refractivity contribution in [1.82, 2.24) is 14.5 Å². The van der Waals surface area contributed by atoms with Crippen molar-refractivity contribution in [2.75, 3.05) is 6.61 Å². The SMILES string of the molecule is C=Cc1ncn(C)c1/C=C\COc1ncc(C(F)(F)F)cc1C. The standard InChI is InChI=1S/C16H16F3N3O/c1-4-13-14(22(3)10-21-13)6-5-7-23-15-11(2)8-12(9-20-15)16(17,18)19/h4-6,8-10H,1,7H2,2-3H3/b6-5-. The summed E-state index contributed by atoms with van der Waals surface area (Å²) < 4.78 is 44.9. The van der Waals surface area contributed by atoms with Crippen LogP contribution in [0.3, 0.4) is 0 Å². The normalized spacial score (nSPS) is 11.9. The van der Waals surface area contributed by atoms with Gasteiger partial charge in [0, 0.05) is 18.8 Å². The number of ether oxygens (including phenoxy) is 1. The van der Waals surface area contributed by atoms with E-state index in [0.717, 1.165) is 23.7 Å². The van der Waals surface area contributed by atoms with Gasteiger partial charge in [-0.05, 0) is 31.2 Å². The van der Waals surface area contributed by atoms with E-state index in [9.17, 15) is 13.2 Å². The first-order chi connectivity index (χ1) is 10.8. The van der Waals surface area contributed by atoms with Gasteiger partial charge in [-0.2, -0.15) is 13.2 Å².